The van der Waals surface area contributed by atoms with Gasteiger partial charge in [-0.1, -0.05) is 24.3 Å². The van der Waals surface area contributed by atoms with Gasteiger partial charge in [-0.25, -0.2) is 0 Å². The Hall–Kier alpha value is -1.94. The quantitative estimate of drug-likeness (QED) is 0.839. The molecular weight excluding hydrogens is 230 g/mol. The molecule has 0 radical (unpaired) electrons. The summed E-state index contributed by atoms with van der Waals surface area (Å²) in [5.41, 5.74) is 1.37. The predicted molar refractivity (Wildman–Crippen MR) is 68.0 cm³/mol. The third kappa shape index (κ3) is 2.65. The summed E-state index contributed by atoms with van der Waals surface area (Å²) in [7, 11) is 0. The molecule has 18 heavy (non-hydrogen) atoms. The fourth-order valence-electron chi connectivity index (χ4n) is 1.88. The van der Waals surface area contributed by atoms with Crippen LogP contribution in [0.25, 0.3) is 10.9 Å². The Morgan fingerprint density at radius 3 is 2.94 bits per heavy atom. The monoisotopic (exact) mass is 245 g/mol. The number of pyridine rings is 1. The molecule has 0 aliphatic heterocycles. The summed E-state index contributed by atoms with van der Waals surface area (Å²) in [5, 5.41) is 11.0. The molecule has 0 bridgehead atoms. The summed E-state index contributed by atoms with van der Waals surface area (Å²) < 4.78 is 4.83. The molecule has 0 amide bonds. The van der Waals surface area contributed by atoms with Crippen LogP contribution in [0.2, 0.25) is 0 Å². The first kappa shape index (κ1) is 12.5. The SMILES string of the molecule is CCOC(=O)CC(O)c1cccc2cccnc12. The number of benzene rings is 1. The van der Waals surface area contributed by atoms with Crippen molar-refractivity contribution in [2.24, 2.45) is 0 Å². The number of rotatable bonds is 4. The number of hydrogen-bond donors (Lipinski definition) is 1. The molecule has 1 unspecified atom stereocenters. The molecule has 0 fully saturated rings. The Bertz CT molecular complexity index is 548. The third-order valence-electron chi connectivity index (χ3n) is 2.69. The summed E-state index contributed by atoms with van der Waals surface area (Å²) in [4.78, 5) is 15.6. The van der Waals surface area contributed by atoms with E-state index in [2.05, 4.69) is 4.98 Å². The van der Waals surface area contributed by atoms with Crippen LogP contribution < -0.4 is 0 Å². The number of carbonyl (C=O) groups is 1. The van der Waals surface area contributed by atoms with Crippen LogP contribution in [-0.2, 0) is 9.53 Å². The van der Waals surface area contributed by atoms with Gasteiger partial charge in [-0.05, 0) is 13.0 Å². The highest BCUT2D eigenvalue weighted by atomic mass is 16.5. The summed E-state index contributed by atoms with van der Waals surface area (Å²) in [6.07, 6.45) is 0.731. The van der Waals surface area contributed by atoms with Gasteiger partial charge in [0.05, 0.1) is 24.6 Å². The maximum absolute atomic E-state index is 11.4. The first-order chi connectivity index (χ1) is 8.72. The molecule has 1 atom stereocenters. The van der Waals surface area contributed by atoms with E-state index in [1.54, 1.807) is 19.2 Å². The van der Waals surface area contributed by atoms with Crippen LogP contribution in [0, 0.1) is 0 Å². The van der Waals surface area contributed by atoms with Crippen molar-refractivity contribution in [3.05, 3.63) is 42.1 Å². The minimum absolute atomic E-state index is 0.0521. The van der Waals surface area contributed by atoms with E-state index in [9.17, 15) is 9.90 Å². The van der Waals surface area contributed by atoms with Crippen molar-refractivity contribution >= 4 is 16.9 Å². The van der Waals surface area contributed by atoms with Crippen LogP contribution in [0.4, 0.5) is 0 Å². The number of para-hydroxylation sites is 1. The molecule has 1 N–H and O–H groups in total. The average Bonchev–Trinajstić information content (AvgIpc) is 2.38. The van der Waals surface area contributed by atoms with Crippen molar-refractivity contribution in [3.63, 3.8) is 0 Å². The number of carbonyl (C=O) groups excluding carboxylic acids is 1. The van der Waals surface area contributed by atoms with Gasteiger partial charge in [0.15, 0.2) is 0 Å². The number of esters is 1. The minimum Gasteiger partial charge on any atom is -0.466 e. The normalized spacial score (nSPS) is 12.3. The fraction of sp³-hybridized carbons (Fsp3) is 0.286. The number of fused-ring (bicyclic) bond motifs is 1. The number of ether oxygens (including phenoxy) is 1. The Kier molecular flexibility index (Phi) is 3.89. The van der Waals surface area contributed by atoms with E-state index in [1.807, 2.05) is 24.3 Å². The van der Waals surface area contributed by atoms with Crippen LogP contribution in [0.1, 0.15) is 25.0 Å². The molecule has 0 aliphatic rings. The van der Waals surface area contributed by atoms with Gasteiger partial charge in [0.1, 0.15) is 0 Å². The van der Waals surface area contributed by atoms with Crippen LogP contribution in [0.5, 0.6) is 0 Å². The van der Waals surface area contributed by atoms with E-state index in [-0.39, 0.29) is 6.42 Å². The summed E-state index contributed by atoms with van der Waals surface area (Å²) in [6, 6.07) is 9.29. The van der Waals surface area contributed by atoms with Crippen LogP contribution >= 0.6 is 0 Å². The topological polar surface area (TPSA) is 59.4 Å². The van der Waals surface area contributed by atoms with E-state index < -0.39 is 12.1 Å². The van der Waals surface area contributed by atoms with Crippen molar-refractivity contribution < 1.29 is 14.6 Å². The van der Waals surface area contributed by atoms with Crippen molar-refractivity contribution in [2.45, 2.75) is 19.4 Å². The van der Waals surface area contributed by atoms with Crippen molar-refractivity contribution in [1.82, 2.24) is 4.98 Å². The Labute approximate surface area is 105 Å². The Morgan fingerprint density at radius 1 is 1.39 bits per heavy atom. The Morgan fingerprint density at radius 2 is 2.17 bits per heavy atom. The van der Waals surface area contributed by atoms with Crippen LogP contribution in [-0.4, -0.2) is 22.7 Å². The van der Waals surface area contributed by atoms with Crippen molar-refractivity contribution in [2.75, 3.05) is 6.61 Å². The lowest BCUT2D eigenvalue weighted by atomic mass is 10.0. The summed E-state index contributed by atoms with van der Waals surface area (Å²) >= 11 is 0. The van der Waals surface area contributed by atoms with Crippen LogP contribution in [0.3, 0.4) is 0 Å². The van der Waals surface area contributed by atoms with Crippen molar-refractivity contribution in [1.29, 1.82) is 0 Å². The lowest BCUT2D eigenvalue weighted by Crippen LogP contribution is -2.10. The molecule has 0 spiro atoms. The lowest BCUT2D eigenvalue weighted by molar-refractivity contribution is -0.145. The number of aliphatic hydroxyl groups excluding tert-OH is 1. The van der Waals surface area contributed by atoms with E-state index in [0.717, 1.165) is 10.9 Å². The third-order valence-corrected chi connectivity index (χ3v) is 2.69. The van der Waals surface area contributed by atoms with Gasteiger partial charge in [0.25, 0.3) is 0 Å². The molecule has 0 saturated carbocycles. The second-order valence-electron chi connectivity index (χ2n) is 3.95. The van der Waals surface area contributed by atoms with Gasteiger partial charge < -0.3 is 9.84 Å². The maximum Gasteiger partial charge on any atom is 0.308 e. The molecule has 0 saturated heterocycles. The van der Waals surface area contributed by atoms with Gasteiger partial charge in [-0.2, -0.15) is 0 Å². The number of nitrogens with zero attached hydrogens (tertiary/aromatic N) is 1. The molecule has 4 nitrogen and oxygen atoms in total. The fourth-order valence-corrected chi connectivity index (χ4v) is 1.88. The first-order valence-corrected chi connectivity index (χ1v) is 5.89. The molecule has 2 rings (SSSR count). The highest BCUT2D eigenvalue weighted by Crippen LogP contribution is 2.24. The van der Waals surface area contributed by atoms with Gasteiger partial charge in [0, 0.05) is 17.1 Å². The zero-order chi connectivity index (χ0) is 13.0. The average molecular weight is 245 g/mol. The number of aliphatic hydroxyl groups is 1. The van der Waals surface area contributed by atoms with Gasteiger partial charge in [0.2, 0.25) is 0 Å². The second-order valence-corrected chi connectivity index (χ2v) is 3.95. The zero-order valence-electron chi connectivity index (χ0n) is 10.2. The van der Waals surface area contributed by atoms with E-state index in [1.165, 1.54) is 0 Å². The molecule has 1 heterocycles. The maximum atomic E-state index is 11.4. The first-order valence-electron chi connectivity index (χ1n) is 5.89. The summed E-state index contributed by atoms with van der Waals surface area (Å²) in [5.74, 6) is -0.405. The van der Waals surface area contributed by atoms with Gasteiger partial charge in [-0.3, -0.25) is 9.78 Å². The molecule has 0 aliphatic carbocycles. The molecule has 1 aromatic carbocycles. The highest BCUT2D eigenvalue weighted by molar-refractivity contribution is 5.82. The lowest BCUT2D eigenvalue weighted by Gasteiger charge is -2.12. The minimum atomic E-state index is -0.886. The summed E-state index contributed by atoms with van der Waals surface area (Å²) in [6.45, 7) is 2.06. The van der Waals surface area contributed by atoms with Gasteiger partial charge >= 0.3 is 5.97 Å². The van der Waals surface area contributed by atoms with E-state index in [4.69, 9.17) is 4.74 Å². The molecule has 4 heteroatoms. The smallest absolute Gasteiger partial charge is 0.308 e. The second kappa shape index (κ2) is 5.60. The number of aromatic nitrogens is 1. The molecule has 1 aromatic heterocycles. The largest absolute Gasteiger partial charge is 0.466 e. The predicted octanol–water partition coefficient (Wildman–Crippen LogP) is 2.22. The van der Waals surface area contributed by atoms with Crippen LogP contribution in [0.15, 0.2) is 36.5 Å². The van der Waals surface area contributed by atoms with E-state index in [0.29, 0.717) is 12.2 Å². The van der Waals surface area contributed by atoms with E-state index >= 15 is 0 Å². The number of hydrogen-bond acceptors (Lipinski definition) is 4. The molecule has 2 aromatic rings. The standard InChI is InChI=1S/C14H15NO3/c1-2-18-13(17)9-12(16)11-7-3-5-10-6-4-8-15-14(10)11/h3-8,12,16H,2,9H2,1H3. The van der Waals surface area contributed by atoms with Crippen molar-refractivity contribution in [3.8, 4) is 0 Å². The highest BCUT2D eigenvalue weighted by Gasteiger charge is 2.16. The Balaban J connectivity index is 2.27. The zero-order valence-corrected chi connectivity index (χ0v) is 10.2. The van der Waals surface area contributed by atoms with Gasteiger partial charge in [-0.15, -0.1) is 0 Å². The molecule has 94 valence electrons. The molecular formula is C14H15NO3.